The van der Waals surface area contributed by atoms with Gasteiger partial charge in [-0.15, -0.1) is 0 Å². The van der Waals surface area contributed by atoms with Crippen LogP contribution in [0.3, 0.4) is 0 Å². The number of benzene rings is 1. The van der Waals surface area contributed by atoms with Crippen molar-refractivity contribution in [2.75, 3.05) is 13.2 Å². The van der Waals surface area contributed by atoms with Crippen molar-refractivity contribution in [3.63, 3.8) is 0 Å². The van der Waals surface area contributed by atoms with Crippen molar-refractivity contribution in [3.05, 3.63) is 53.8 Å². The summed E-state index contributed by atoms with van der Waals surface area (Å²) < 4.78 is 16.8. The molecular weight excluding hydrogens is 554 g/mol. The number of nitrogens with zero attached hydrogens (tertiary/aromatic N) is 1. The summed E-state index contributed by atoms with van der Waals surface area (Å²) in [6.07, 6.45) is 4.89. The van der Waals surface area contributed by atoms with E-state index < -0.39 is 30.0 Å². The van der Waals surface area contributed by atoms with Crippen LogP contribution < -0.4 is 4.74 Å². The first-order chi connectivity index (χ1) is 20.4. The number of hydrogen-bond acceptors (Lipinski definition) is 9. The predicted molar refractivity (Wildman–Crippen MR) is 160 cm³/mol. The van der Waals surface area contributed by atoms with Crippen LogP contribution in [0.2, 0.25) is 0 Å². The van der Waals surface area contributed by atoms with Crippen molar-refractivity contribution < 1.29 is 43.9 Å². The number of aryl methyl sites for hydroxylation is 1. The van der Waals surface area contributed by atoms with E-state index in [2.05, 4.69) is 6.58 Å². The number of rotatable bonds is 16. The van der Waals surface area contributed by atoms with Crippen molar-refractivity contribution >= 4 is 17.7 Å². The van der Waals surface area contributed by atoms with Crippen LogP contribution in [0.1, 0.15) is 83.3 Å². The SMILES string of the molecule is C=C1C=CC(=O)N1CCCCCC(=O)CCCCCc1ccc(COC(=O)C(C)(C)C)c(O[C@H]2OC[C@H](O)[C@@H](O)[C@@H]2O)c1. The van der Waals surface area contributed by atoms with Gasteiger partial charge in [0.15, 0.2) is 0 Å². The standard InChI is InChI=1S/C33H47NO9/c1-22-14-17-28(37)34(22)18-10-6-9-13-25(35)12-8-5-7-11-23-15-16-24(20-42-32(40)33(2,3)4)27(19-23)43-31-30(39)29(38)26(36)21-41-31/h14-17,19,26,29-31,36,38-39H,1,5-13,18,20-21H2,2-4H3/t26-,29+,30-,31+/m0/s1. The summed E-state index contributed by atoms with van der Waals surface area (Å²) in [4.78, 5) is 38.0. The van der Waals surface area contributed by atoms with Gasteiger partial charge in [-0.3, -0.25) is 14.4 Å². The van der Waals surface area contributed by atoms with Gasteiger partial charge in [0, 0.05) is 36.7 Å². The van der Waals surface area contributed by atoms with Gasteiger partial charge in [0.05, 0.1) is 12.0 Å². The quantitative estimate of drug-likeness (QED) is 0.191. The predicted octanol–water partition coefficient (Wildman–Crippen LogP) is 3.74. The average Bonchev–Trinajstić information content (AvgIpc) is 3.28. The molecule has 0 aliphatic carbocycles. The summed E-state index contributed by atoms with van der Waals surface area (Å²) in [7, 11) is 0. The molecule has 238 valence electrons. The summed E-state index contributed by atoms with van der Waals surface area (Å²) in [5.74, 6) is 0.218. The molecule has 1 fully saturated rings. The second kappa shape index (κ2) is 16.1. The molecule has 2 aliphatic rings. The van der Waals surface area contributed by atoms with Crippen LogP contribution in [0.25, 0.3) is 0 Å². The summed E-state index contributed by atoms with van der Waals surface area (Å²) in [6.45, 7) is 9.55. The van der Waals surface area contributed by atoms with E-state index in [0.717, 1.165) is 56.2 Å². The smallest absolute Gasteiger partial charge is 0.311 e. The molecule has 1 aromatic carbocycles. The van der Waals surface area contributed by atoms with Crippen molar-refractivity contribution in [3.8, 4) is 5.75 Å². The van der Waals surface area contributed by atoms with Crippen LogP contribution in [0.4, 0.5) is 0 Å². The molecule has 0 saturated carbocycles. The largest absolute Gasteiger partial charge is 0.462 e. The molecule has 3 N–H and O–H groups in total. The van der Waals surface area contributed by atoms with E-state index in [9.17, 15) is 29.7 Å². The highest BCUT2D eigenvalue weighted by molar-refractivity contribution is 5.92. The molecule has 1 saturated heterocycles. The number of esters is 1. The first-order valence-electron chi connectivity index (χ1n) is 15.2. The maximum Gasteiger partial charge on any atom is 0.311 e. The molecule has 10 nitrogen and oxygen atoms in total. The third kappa shape index (κ3) is 10.6. The highest BCUT2D eigenvalue weighted by Gasteiger charge is 2.39. The molecule has 1 aromatic rings. The van der Waals surface area contributed by atoms with Crippen molar-refractivity contribution in [2.45, 2.75) is 110 Å². The number of amides is 1. The molecular formula is C33H47NO9. The molecule has 0 bridgehead atoms. The van der Waals surface area contributed by atoms with E-state index >= 15 is 0 Å². The van der Waals surface area contributed by atoms with Crippen LogP contribution in [-0.4, -0.2) is 75.6 Å². The van der Waals surface area contributed by atoms with E-state index in [4.69, 9.17) is 14.2 Å². The first kappa shape index (κ1) is 34.4. The fourth-order valence-corrected chi connectivity index (χ4v) is 4.82. The molecule has 0 unspecified atom stereocenters. The van der Waals surface area contributed by atoms with Crippen molar-refractivity contribution in [2.24, 2.45) is 5.41 Å². The van der Waals surface area contributed by atoms with Gasteiger partial charge in [-0.1, -0.05) is 31.6 Å². The number of Topliss-reactive ketones (excluding diaryl/α,β-unsaturated/α-hetero) is 1. The molecule has 2 aliphatic heterocycles. The Morgan fingerprint density at radius 2 is 1.70 bits per heavy atom. The number of ketones is 1. The molecule has 3 rings (SSSR count). The lowest BCUT2D eigenvalue weighted by atomic mass is 9.97. The molecule has 1 amide bonds. The van der Waals surface area contributed by atoms with Crippen molar-refractivity contribution in [1.29, 1.82) is 0 Å². The highest BCUT2D eigenvalue weighted by atomic mass is 16.7. The molecule has 2 heterocycles. The van der Waals surface area contributed by atoms with E-state index in [1.807, 2.05) is 6.07 Å². The first-order valence-corrected chi connectivity index (χ1v) is 15.2. The normalized spacial score (nSPS) is 22.2. The third-order valence-electron chi connectivity index (χ3n) is 7.59. The Morgan fingerprint density at radius 3 is 2.35 bits per heavy atom. The maximum absolute atomic E-state index is 12.3. The Bertz CT molecular complexity index is 1140. The second-order valence-electron chi connectivity index (χ2n) is 12.4. The molecule has 4 atom stereocenters. The summed E-state index contributed by atoms with van der Waals surface area (Å²) >= 11 is 0. The minimum Gasteiger partial charge on any atom is -0.462 e. The van der Waals surface area contributed by atoms with E-state index in [1.165, 1.54) is 6.08 Å². The Morgan fingerprint density at radius 1 is 1.00 bits per heavy atom. The van der Waals surface area contributed by atoms with E-state index in [-0.39, 0.29) is 30.9 Å². The molecule has 43 heavy (non-hydrogen) atoms. The molecule has 0 radical (unpaired) electrons. The van der Waals surface area contributed by atoms with Crippen LogP contribution in [-0.2, 0) is 36.9 Å². The van der Waals surface area contributed by atoms with Gasteiger partial charge >= 0.3 is 5.97 Å². The van der Waals surface area contributed by atoms with E-state index in [0.29, 0.717) is 30.7 Å². The lowest BCUT2D eigenvalue weighted by Crippen LogP contribution is -2.54. The van der Waals surface area contributed by atoms with Gasteiger partial charge in [0.2, 0.25) is 6.29 Å². The topological polar surface area (TPSA) is 143 Å². The summed E-state index contributed by atoms with van der Waals surface area (Å²) in [6, 6.07) is 5.53. The number of carbonyl (C=O) groups excluding carboxylic acids is 3. The van der Waals surface area contributed by atoms with Gasteiger partial charge < -0.3 is 34.4 Å². The van der Waals surface area contributed by atoms with E-state index in [1.54, 1.807) is 43.9 Å². The number of unbranched alkanes of at least 4 members (excludes halogenated alkanes) is 4. The zero-order chi connectivity index (χ0) is 31.6. The Hall–Kier alpha value is -3.05. The number of allylic oxidation sites excluding steroid dienone is 1. The monoisotopic (exact) mass is 601 g/mol. The van der Waals surface area contributed by atoms with Gasteiger partial charge in [-0.25, -0.2) is 0 Å². The fourth-order valence-electron chi connectivity index (χ4n) is 4.82. The lowest BCUT2D eigenvalue weighted by Gasteiger charge is -2.35. The number of hydrogen-bond donors (Lipinski definition) is 3. The van der Waals surface area contributed by atoms with Crippen LogP contribution in [0.15, 0.2) is 42.6 Å². The van der Waals surface area contributed by atoms with Crippen LogP contribution >= 0.6 is 0 Å². The summed E-state index contributed by atoms with van der Waals surface area (Å²) in [5.41, 5.74) is 1.60. The third-order valence-corrected chi connectivity index (χ3v) is 7.59. The number of carbonyl (C=O) groups is 3. The van der Waals surface area contributed by atoms with Gasteiger partial charge in [0.1, 0.15) is 36.5 Å². The zero-order valence-corrected chi connectivity index (χ0v) is 25.6. The summed E-state index contributed by atoms with van der Waals surface area (Å²) in [5, 5.41) is 30.2. The zero-order valence-electron chi connectivity index (χ0n) is 25.6. The van der Waals surface area contributed by atoms with Crippen LogP contribution in [0, 0.1) is 5.41 Å². The van der Waals surface area contributed by atoms with Gasteiger partial charge in [0.25, 0.3) is 5.91 Å². The number of aliphatic hydroxyl groups is 3. The molecule has 0 spiro atoms. The minimum absolute atomic E-state index is 0.0278. The number of ether oxygens (including phenoxy) is 3. The van der Waals surface area contributed by atoms with Gasteiger partial charge in [-0.2, -0.15) is 0 Å². The van der Waals surface area contributed by atoms with Gasteiger partial charge in [-0.05, 0) is 70.6 Å². The molecule has 0 aromatic heterocycles. The number of aliphatic hydroxyl groups excluding tert-OH is 3. The second-order valence-corrected chi connectivity index (χ2v) is 12.4. The lowest BCUT2D eigenvalue weighted by molar-refractivity contribution is -0.242. The van der Waals surface area contributed by atoms with Crippen LogP contribution in [0.5, 0.6) is 5.75 Å². The minimum atomic E-state index is -1.46. The fraction of sp³-hybridized carbons (Fsp3) is 0.606. The Kier molecular flexibility index (Phi) is 12.9. The Balaban J connectivity index is 1.43. The highest BCUT2D eigenvalue weighted by Crippen LogP contribution is 2.28. The Labute approximate surface area is 254 Å². The molecule has 10 heteroatoms. The maximum atomic E-state index is 12.3. The average molecular weight is 602 g/mol. The van der Waals surface area contributed by atoms with Crippen molar-refractivity contribution in [1.82, 2.24) is 4.90 Å².